The molecule has 0 amide bonds. The van der Waals surface area contributed by atoms with E-state index >= 15 is 0 Å². The van der Waals surface area contributed by atoms with E-state index in [0.29, 0.717) is 34.7 Å². The Hall–Kier alpha value is -1.70. The summed E-state index contributed by atoms with van der Waals surface area (Å²) in [4.78, 5) is 0. The molecule has 0 atom stereocenters. The fourth-order valence-electron chi connectivity index (χ4n) is 2.72. The minimum Gasteiger partial charge on any atom is -0.490 e. The second-order valence-electron chi connectivity index (χ2n) is 6.24. The van der Waals surface area contributed by atoms with Crippen molar-refractivity contribution in [3.05, 3.63) is 85.2 Å². The van der Waals surface area contributed by atoms with Gasteiger partial charge in [-0.2, -0.15) is 0 Å². The number of ether oxygens (including phenoxy) is 2. The van der Waals surface area contributed by atoms with Crippen molar-refractivity contribution in [2.75, 3.05) is 11.9 Å². The van der Waals surface area contributed by atoms with Gasteiger partial charge >= 0.3 is 0 Å². The van der Waals surface area contributed by atoms with Crippen molar-refractivity contribution < 1.29 is 13.9 Å². The van der Waals surface area contributed by atoms with Crippen molar-refractivity contribution in [1.29, 1.82) is 0 Å². The summed E-state index contributed by atoms with van der Waals surface area (Å²) in [5.74, 6) is 1.02. The zero-order valence-electron chi connectivity index (χ0n) is 15.6. The van der Waals surface area contributed by atoms with Crippen molar-refractivity contribution in [2.24, 2.45) is 0 Å². The van der Waals surface area contributed by atoms with E-state index in [9.17, 15) is 4.39 Å². The zero-order chi connectivity index (χ0) is 20.8. The zero-order valence-corrected chi connectivity index (χ0v) is 19.3. The Morgan fingerprint density at radius 3 is 2.52 bits per heavy atom. The molecule has 1 N–H and O–H groups in total. The van der Waals surface area contributed by atoms with Crippen LogP contribution >= 0.6 is 45.8 Å². The summed E-state index contributed by atoms with van der Waals surface area (Å²) in [5.41, 5.74) is 2.66. The van der Waals surface area contributed by atoms with Crippen LogP contribution in [0.2, 0.25) is 10.0 Å². The first-order chi connectivity index (χ1) is 14.0. The second kappa shape index (κ2) is 10.4. The Labute approximate surface area is 193 Å². The van der Waals surface area contributed by atoms with E-state index in [1.807, 2.05) is 31.2 Å². The van der Waals surface area contributed by atoms with Crippen LogP contribution in [0.1, 0.15) is 18.1 Å². The van der Waals surface area contributed by atoms with E-state index in [4.69, 9.17) is 32.7 Å². The number of hydrogen-bond donors (Lipinski definition) is 1. The van der Waals surface area contributed by atoms with Crippen LogP contribution in [0.5, 0.6) is 11.5 Å². The first-order valence-corrected chi connectivity index (χ1v) is 10.8. The summed E-state index contributed by atoms with van der Waals surface area (Å²) in [6.45, 7) is 3.27. The van der Waals surface area contributed by atoms with Gasteiger partial charge in [-0.25, -0.2) is 4.39 Å². The molecule has 0 spiro atoms. The molecule has 29 heavy (non-hydrogen) atoms. The van der Waals surface area contributed by atoms with Gasteiger partial charge in [0.25, 0.3) is 0 Å². The molecule has 0 saturated carbocycles. The second-order valence-corrected chi connectivity index (χ2v) is 8.22. The van der Waals surface area contributed by atoms with Crippen molar-refractivity contribution in [2.45, 2.75) is 20.1 Å². The van der Waals surface area contributed by atoms with Gasteiger partial charge in [0.15, 0.2) is 11.5 Å². The monoisotopic (exact) mass is 545 g/mol. The minimum absolute atomic E-state index is 0.259. The van der Waals surface area contributed by atoms with Crippen LogP contribution in [0.4, 0.5) is 10.1 Å². The molecule has 0 aromatic heterocycles. The summed E-state index contributed by atoms with van der Waals surface area (Å²) in [5, 5.41) is 4.35. The number of nitrogens with one attached hydrogen (secondary N) is 1. The van der Waals surface area contributed by atoms with Crippen LogP contribution in [0.15, 0.2) is 54.6 Å². The van der Waals surface area contributed by atoms with Gasteiger partial charge in [0.1, 0.15) is 12.4 Å². The van der Waals surface area contributed by atoms with E-state index in [1.165, 1.54) is 12.1 Å². The normalized spacial score (nSPS) is 10.7. The van der Waals surface area contributed by atoms with E-state index < -0.39 is 0 Å². The largest absolute Gasteiger partial charge is 0.490 e. The number of rotatable bonds is 8. The summed E-state index contributed by atoms with van der Waals surface area (Å²) in [6, 6.07) is 15.7. The van der Waals surface area contributed by atoms with Crippen LogP contribution in [-0.2, 0) is 13.2 Å². The van der Waals surface area contributed by atoms with Gasteiger partial charge in [0.2, 0.25) is 0 Å². The summed E-state index contributed by atoms with van der Waals surface area (Å²) in [6.07, 6.45) is 0. The van der Waals surface area contributed by atoms with E-state index in [-0.39, 0.29) is 12.4 Å². The maximum absolute atomic E-state index is 13.4. The highest BCUT2D eigenvalue weighted by Gasteiger charge is 2.13. The molecular formula is C22H19Cl2FINO2. The molecule has 0 unspecified atom stereocenters. The van der Waals surface area contributed by atoms with Gasteiger partial charge in [0.05, 0.1) is 20.2 Å². The maximum atomic E-state index is 13.4. The first kappa shape index (κ1) is 22.0. The molecule has 3 nitrogen and oxygen atoms in total. The molecule has 3 rings (SSSR count). The molecule has 0 heterocycles. The van der Waals surface area contributed by atoms with Gasteiger partial charge in [-0.3, -0.25) is 0 Å². The van der Waals surface area contributed by atoms with Crippen LogP contribution in [-0.4, -0.2) is 6.61 Å². The van der Waals surface area contributed by atoms with Gasteiger partial charge < -0.3 is 14.8 Å². The highest BCUT2D eigenvalue weighted by atomic mass is 127. The molecule has 0 aliphatic heterocycles. The molecular weight excluding hydrogens is 527 g/mol. The Balaban J connectivity index is 1.75. The summed E-state index contributed by atoms with van der Waals surface area (Å²) < 4.78 is 26.0. The van der Waals surface area contributed by atoms with Gasteiger partial charge in [0, 0.05) is 12.2 Å². The number of halogens is 4. The quantitative estimate of drug-likeness (QED) is 0.301. The fraction of sp³-hybridized carbons (Fsp3) is 0.182. The van der Waals surface area contributed by atoms with Crippen LogP contribution in [0.3, 0.4) is 0 Å². The molecule has 0 bridgehead atoms. The van der Waals surface area contributed by atoms with E-state index in [1.54, 1.807) is 18.2 Å². The average Bonchev–Trinajstić information content (AvgIpc) is 2.68. The fourth-order valence-corrected chi connectivity index (χ4v) is 3.84. The lowest BCUT2D eigenvalue weighted by Gasteiger charge is -2.16. The third-order valence-corrected chi connectivity index (χ3v) is 5.60. The van der Waals surface area contributed by atoms with Crippen molar-refractivity contribution >= 4 is 51.5 Å². The predicted octanol–water partition coefficient (Wildman–Crippen LogP) is 7.33. The highest BCUT2D eigenvalue weighted by molar-refractivity contribution is 14.1. The number of benzene rings is 3. The third-order valence-electron chi connectivity index (χ3n) is 4.06. The molecule has 3 aromatic rings. The van der Waals surface area contributed by atoms with Gasteiger partial charge in [-0.15, -0.1) is 0 Å². The van der Waals surface area contributed by atoms with Crippen molar-refractivity contribution in [3.63, 3.8) is 0 Å². The molecule has 152 valence electrons. The summed E-state index contributed by atoms with van der Waals surface area (Å²) in [7, 11) is 0. The lowest BCUT2D eigenvalue weighted by atomic mass is 10.2. The Morgan fingerprint density at radius 2 is 1.79 bits per heavy atom. The number of hydrogen-bond acceptors (Lipinski definition) is 3. The van der Waals surface area contributed by atoms with E-state index in [2.05, 4.69) is 27.9 Å². The molecule has 3 aromatic carbocycles. The van der Waals surface area contributed by atoms with Crippen molar-refractivity contribution in [3.8, 4) is 11.5 Å². The standard InChI is InChI=1S/C22H19Cl2FINO2/c1-2-28-21-10-15(12-27-17-6-7-18(23)19(24)11-17)9-20(26)22(21)29-13-14-4-3-5-16(25)8-14/h3-11,27H,2,12-13H2,1H3. The number of anilines is 1. The lowest BCUT2D eigenvalue weighted by molar-refractivity contribution is 0.267. The molecule has 0 aliphatic carbocycles. The van der Waals surface area contributed by atoms with Crippen LogP contribution < -0.4 is 14.8 Å². The average molecular weight is 546 g/mol. The maximum Gasteiger partial charge on any atom is 0.174 e. The van der Waals surface area contributed by atoms with Crippen molar-refractivity contribution in [1.82, 2.24) is 0 Å². The Kier molecular flexibility index (Phi) is 7.86. The van der Waals surface area contributed by atoms with Gasteiger partial charge in [-0.05, 0) is 83.1 Å². The van der Waals surface area contributed by atoms with Gasteiger partial charge in [-0.1, -0.05) is 35.3 Å². The minimum atomic E-state index is -0.283. The summed E-state index contributed by atoms with van der Waals surface area (Å²) >= 11 is 14.3. The highest BCUT2D eigenvalue weighted by Crippen LogP contribution is 2.35. The smallest absolute Gasteiger partial charge is 0.174 e. The molecule has 0 radical (unpaired) electrons. The lowest BCUT2D eigenvalue weighted by Crippen LogP contribution is -2.05. The molecule has 0 aliphatic rings. The molecule has 0 fully saturated rings. The molecule has 0 saturated heterocycles. The van der Waals surface area contributed by atoms with Crippen LogP contribution in [0, 0.1) is 9.39 Å². The van der Waals surface area contributed by atoms with Crippen LogP contribution in [0.25, 0.3) is 0 Å². The van der Waals surface area contributed by atoms with E-state index in [0.717, 1.165) is 20.4 Å². The SMILES string of the molecule is CCOc1cc(CNc2ccc(Cl)c(Cl)c2)cc(I)c1OCc1cccc(F)c1. The molecule has 7 heteroatoms. The first-order valence-electron chi connectivity index (χ1n) is 8.97. The third kappa shape index (κ3) is 6.14. The Bertz CT molecular complexity index is 1000. The Morgan fingerprint density at radius 1 is 0.966 bits per heavy atom. The topological polar surface area (TPSA) is 30.5 Å². The predicted molar refractivity (Wildman–Crippen MR) is 125 cm³/mol.